The number of anilines is 1. The molecule has 0 aliphatic heterocycles. The molecule has 0 saturated carbocycles. The van der Waals surface area contributed by atoms with Crippen molar-refractivity contribution in [2.75, 3.05) is 19.0 Å². The number of rotatable bonds is 12. The highest BCUT2D eigenvalue weighted by Crippen LogP contribution is 2.24. The monoisotopic (exact) mass is 335 g/mol. The summed E-state index contributed by atoms with van der Waals surface area (Å²) in [5.74, 6) is 0.957. The van der Waals surface area contributed by atoms with Crippen molar-refractivity contribution in [1.82, 2.24) is 0 Å². The van der Waals surface area contributed by atoms with Gasteiger partial charge in [0, 0.05) is 12.7 Å². The molecule has 2 aromatic rings. The summed E-state index contributed by atoms with van der Waals surface area (Å²) >= 11 is 0. The SMILES string of the molecule is [B]CCCCCCCCCOc1ccc(-c2ccc(NC)cc2)cc1. The highest BCUT2D eigenvalue weighted by atomic mass is 16.5. The second-order valence-corrected chi connectivity index (χ2v) is 6.46. The second-order valence-electron chi connectivity index (χ2n) is 6.46. The summed E-state index contributed by atoms with van der Waals surface area (Å²) in [5, 5.41) is 3.14. The predicted molar refractivity (Wildman–Crippen MR) is 110 cm³/mol. The average Bonchev–Trinajstić information content (AvgIpc) is 2.67. The lowest BCUT2D eigenvalue weighted by molar-refractivity contribution is 0.304. The van der Waals surface area contributed by atoms with E-state index in [0.717, 1.165) is 30.8 Å². The normalized spacial score (nSPS) is 10.6. The minimum Gasteiger partial charge on any atom is -0.494 e. The fourth-order valence-corrected chi connectivity index (χ4v) is 2.89. The molecule has 0 fully saturated rings. The third-order valence-electron chi connectivity index (χ3n) is 4.48. The first-order chi connectivity index (χ1) is 12.3. The van der Waals surface area contributed by atoms with Gasteiger partial charge >= 0.3 is 0 Å². The molecule has 25 heavy (non-hydrogen) atoms. The third-order valence-corrected chi connectivity index (χ3v) is 4.48. The van der Waals surface area contributed by atoms with E-state index in [4.69, 9.17) is 12.6 Å². The summed E-state index contributed by atoms with van der Waals surface area (Å²) in [6.45, 7) is 0.805. The van der Waals surface area contributed by atoms with Gasteiger partial charge < -0.3 is 10.1 Å². The zero-order valence-corrected chi connectivity index (χ0v) is 15.5. The smallest absolute Gasteiger partial charge is 0.119 e. The Labute approximate surface area is 154 Å². The molecule has 3 heteroatoms. The Kier molecular flexibility index (Phi) is 9.03. The van der Waals surface area contributed by atoms with Crippen LogP contribution in [-0.4, -0.2) is 21.5 Å². The van der Waals surface area contributed by atoms with Gasteiger partial charge in [0.05, 0.1) is 14.5 Å². The molecule has 2 rings (SSSR count). The summed E-state index contributed by atoms with van der Waals surface area (Å²) in [7, 11) is 7.43. The lowest BCUT2D eigenvalue weighted by Gasteiger charge is -2.08. The summed E-state index contributed by atoms with van der Waals surface area (Å²) < 4.78 is 5.85. The van der Waals surface area contributed by atoms with Crippen molar-refractivity contribution in [3.8, 4) is 16.9 Å². The van der Waals surface area contributed by atoms with Gasteiger partial charge in [-0.25, -0.2) is 0 Å². The molecule has 0 amide bonds. The van der Waals surface area contributed by atoms with E-state index in [9.17, 15) is 0 Å². The topological polar surface area (TPSA) is 21.3 Å². The molecule has 132 valence electrons. The molecule has 2 radical (unpaired) electrons. The number of hydrogen-bond donors (Lipinski definition) is 1. The van der Waals surface area contributed by atoms with Gasteiger partial charge in [-0.05, 0) is 41.8 Å². The Hall–Kier alpha value is -1.90. The molecule has 0 unspecified atom stereocenters. The van der Waals surface area contributed by atoms with Gasteiger partial charge in [0.1, 0.15) is 5.75 Å². The van der Waals surface area contributed by atoms with E-state index in [1.54, 1.807) is 0 Å². The van der Waals surface area contributed by atoms with Crippen LogP contribution in [0.1, 0.15) is 44.9 Å². The molecule has 0 heterocycles. The quantitative estimate of drug-likeness (QED) is 0.374. The molecule has 0 saturated heterocycles. The van der Waals surface area contributed by atoms with Crippen molar-refractivity contribution in [2.45, 2.75) is 51.3 Å². The zero-order chi connectivity index (χ0) is 17.7. The van der Waals surface area contributed by atoms with E-state index in [2.05, 4.69) is 53.8 Å². The minimum absolute atomic E-state index is 0.805. The highest BCUT2D eigenvalue weighted by Gasteiger charge is 1.99. The van der Waals surface area contributed by atoms with E-state index < -0.39 is 0 Å². The van der Waals surface area contributed by atoms with Crippen LogP contribution in [0.3, 0.4) is 0 Å². The Morgan fingerprint density at radius 1 is 0.720 bits per heavy atom. The van der Waals surface area contributed by atoms with Crippen molar-refractivity contribution in [1.29, 1.82) is 0 Å². The lowest BCUT2D eigenvalue weighted by Crippen LogP contribution is -1.97. The molecule has 0 spiro atoms. The summed E-state index contributed by atoms with van der Waals surface area (Å²) in [6, 6.07) is 16.8. The standard InChI is InChI=1S/C22H30BNO/c1-24-21-13-9-19(10-14-21)20-11-15-22(16-12-20)25-18-8-6-4-2-3-5-7-17-23/h9-16,24H,2-8,17-18H2,1H3. The van der Waals surface area contributed by atoms with Crippen molar-refractivity contribution in [3.63, 3.8) is 0 Å². The van der Waals surface area contributed by atoms with E-state index in [1.807, 2.05) is 7.05 Å². The Morgan fingerprint density at radius 3 is 1.80 bits per heavy atom. The van der Waals surface area contributed by atoms with Crippen LogP contribution in [0.25, 0.3) is 11.1 Å². The van der Waals surface area contributed by atoms with Crippen molar-refractivity contribution in [3.05, 3.63) is 48.5 Å². The average molecular weight is 335 g/mol. The van der Waals surface area contributed by atoms with E-state index in [1.165, 1.54) is 49.7 Å². The van der Waals surface area contributed by atoms with Crippen molar-refractivity contribution in [2.24, 2.45) is 0 Å². The second kappa shape index (κ2) is 11.6. The largest absolute Gasteiger partial charge is 0.494 e. The predicted octanol–water partition coefficient (Wildman–Crippen LogP) is 6.09. The molecule has 0 aromatic heterocycles. The zero-order valence-electron chi connectivity index (χ0n) is 15.5. The van der Waals surface area contributed by atoms with Crippen LogP contribution in [0.2, 0.25) is 6.32 Å². The van der Waals surface area contributed by atoms with Crippen LogP contribution in [-0.2, 0) is 0 Å². The number of unbranched alkanes of at least 4 members (excludes halogenated alkanes) is 6. The Morgan fingerprint density at radius 2 is 1.24 bits per heavy atom. The molecule has 0 atom stereocenters. The van der Waals surface area contributed by atoms with Gasteiger partial charge in [-0.1, -0.05) is 69.1 Å². The summed E-state index contributed by atoms with van der Waals surface area (Å²) in [6.07, 6.45) is 9.58. The molecule has 0 bridgehead atoms. The van der Waals surface area contributed by atoms with Crippen LogP contribution in [0, 0.1) is 0 Å². The van der Waals surface area contributed by atoms with Gasteiger partial charge in [0.2, 0.25) is 0 Å². The maximum Gasteiger partial charge on any atom is 0.119 e. The van der Waals surface area contributed by atoms with E-state index >= 15 is 0 Å². The van der Waals surface area contributed by atoms with Crippen molar-refractivity contribution >= 4 is 13.5 Å². The summed E-state index contributed by atoms with van der Waals surface area (Å²) in [5.41, 5.74) is 3.57. The molecular weight excluding hydrogens is 305 g/mol. The molecule has 1 N–H and O–H groups in total. The first kappa shape index (κ1) is 19.4. The van der Waals surface area contributed by atoms with Crippen LogP contribution in [0.5, 0.6) is 5.75 Å². The van der Waals surface area contributed by atoms with Crippen LogP contribution in [0.15, 0.2) is 48.5 Å². The van der Waals surface area contributed by atoms with Gasteiger partial charge in [0.15, 0.2) is 0 Å². The summed E-state index contributed by atoms with van der Waals surface area (Å²) in [4.78, 5) is 0. The van der Waals surface area contributed by atoms with Crippen LogP contribution >= 0.6 is 0 Å². The lowest BCUT2D eigenvalue weighted by atomic mass is 9.98. The first-order valence-corrected chi connectivity index (χ1v) is 9.54. The van der Waals surface area contributed by atoms with Crippen LogP contribution in [0.4, 0.5) is 5.69 Å². The maximum absolute atomic E-state index is 5.85. The number of ether oxygens (including phenoxy) is 1. The minimum atomic E-state index is 0.805. The van der Waals surface area contributed by atoms with Gasteiger partial charge in [-0.15, -0.1) is 0 Å². The van der Waals surface area contributed by atoms with Crippen molar-refractivity contribution < 1.29 is 4.74 Å². The maximum atomic E-state index is 5.85. The fraction of sp³-hybridized carbons (Fsp3) is 0.455. The number of nitrogens with one attached hydrogen (secondary N) is 1. The molecule has 2 nitrogen and oxygen atoms in total. The number of benzene rings is 2. The third kappa shape index (κ3) is 7.25. The van der Waals surface area contributed by atoms with Gasteiger partial charge in [0.25, 0.3) is 0 Å². The molecular formula is C22H30BNO. The van der Waals surface area contributed by atoms with Crippen LogP contribution < -0.4 is 10.1 Å². The van der Waals surface area contributed by atoms with E-state index in [0.29, 0.717) is 0 Å². The highest BCUT2D eigenvalue weighted by molar-refractivity contribution is 6.08. The first-order valence-electron chi connectivity index (χ1n) is 9.54. The van der Waals surface area contributed by atoms with Gasteiger partial charge in [-0.3, -0.25) is 0 Å². The molecule has 0 aliphatic rings. The Balaban J connectivity index is 1.65. The van der Waals surface area contributed by atoms with E-state index in [-0.39, 0.29) is 0 Å². The Bertz CT molecular complexity index is 580. The fourth-order valence-electron chi connectivity index (χ4n) is 2.89. The van der Waals surface area contributed by atoms with Gasteiger partial charge in [-0.2, -0.15) is 0 Å². The molecule has 2 aromatic carbocycles. The molecule has 0 aliphatic carbocycles. The number of hydrogen-bond acceptors (Lipinski definition) is 2.